The highest BCUT2D eigenvalue weighted by molar-refractivity contribution is 8.00. The van der Waals surface area contributed by atoms with Crippen molar-refractivity contribution in [2.45, 2.75) is 56.6 Å². The van der Waals surface area contributed by atoms with E-state index in [1.807, 2.05) is 55.7 Å². The second-order valence-corrected chi connectivity index (χ2v) is 8.91. The summed E-state index contributed by atoms with van der Waals surface area (Å²) in [6, 6.07) is 14.0. The molecule has 7 heteroatoms. The van der Waals surface area contributed by atoms with Gasteiger partial charge >= 0.3 is 0 Å². The summed E-state index contributed by atoms with van der Waals surface area (Å²) in [6.07, 6.45) is 4.38. The van der Waals surface area contributed by atoms with Crippen molar-refractivity contribution in [3.05, 3.63) is 60.4 Å². The summed E-state index contributed by atoms with van der Waals surface area (Å²) in [4.78, 5) is 16.9. The summed E-state index contributed by atoms with van der Waals surface area (Å²) < 4.78 is 2.05. The standard InChI is InChI=1S/C22H27N5OS/c1-5-22(3,4)24-20(28)16(2)29-21-26-25-19(18-12-9-13-23-14-18)27(21)15-17-10-7-6-8-11-17/h6-14,16H,5,15H2,1-4H3,(H,24,28). The molecule has 0 fully saturated rings. The first-order chi connectivity index (χ1) is 13.9. The zero-order valence-corrected chi connectivity index (χ0v) is 18.1. The van der Waals surface area contributed by atoms with Crippen LogP contribution in [-0.2, 0) is 11.3 Å². The van der Waals surface area contributed by atoms with Gasteiger partial charge in [0.05, 0.1) is 11.8 Å². The van der Waals surface area contributed by atoms with E-state index in [1.54, 1.807) is 12.4 Å². The Labute approximate surface area is 176 Å². The van der Waals surface area contributed by atoms with Gasteiger partial charge in [0.25, 0.3) is 0 Å². The van der Waals surface area contributed by atoms with E-state index in [0.29, 0.717) is 11.7 Å². The smallest absolute Gasteiger partial charge is 0.233 e. The summed E-state index contributed by atoms with van der Waals surface area (Å²) >= 11 is 1.42. The summed E-state index contributed by atoms with van der Waals surface area (Å²) in [5.74, 6) is 0.741. The zero-order chi connectivity index (χ0) is 20.9. The number of pyridine rings is 1. The molecular weight excluding hydrogens is 382 g/mol. The van der Waals surface area contributed by atoms with E-state index in [9.17, 15) is 4.79 Å². The van der Waals surface area contributed by atoms with Crippen LogP contribution in [0.3, 0.4) is 0 Å². The minimum atomic E-state index is -0.290. The number of amides is 1. The average molecular weight is 410 g/mol. The normalized spacial score (nSPS) is 12.6. The summed E-state index contributed by atoms with van der Waals surface area (Å²) in [5.41, 5.74) is 1.81. The van der Waals surface area contributed by atoms with E-state index in [2.05, 4.69) is 39.6 Å². The highest BCUT2D eigenvalue weighted by Gasteiger charge is 2.25. The van der Waals surface area contributed by atoms with Crippen molar-refractivity contribution in [1.29, 1.82) is 0 Å². The van der Waals surface area contributed by atoms with Gasteiger partial charge < -0.3 is 5.32 Å². The fraction of sp³-hybridized carbons (Fsp3) is 0.364. The van der Waals surface area contributed by atoms with Gasteiger partial charge in [0, 0.05) is 23.5 Å². The number of thioether (sulfide) groups is 1. The Morgan fingerprint density at radius 3 is 2.59 bits per heavy atom. The molecule has 1 amide bonds. The van der Waals surface area contributed by atoms with Gasteiger partial charge in [-0.2, -0.15) is 0 Å². The third-order valence-corrected chi connectivity index (χ3v) is 5.90. The number of nitrogens with one attached hydrogen (secondary N) is 1. The van der Waals surface area contributed by atoms with E-state index in [0.717, 1.165) is 23.4 Å². The first-order valence-electron chi connectivity index (χ1n) is 9.76. The highest BCUT2D eigenvalue weighted by Crippen LogP contribution is 2.28. The Hall–Kier alpha value is -2.67. The molecule has 0 radical (unpaired) electrons. The van der Waals surface area contributed by atoms with Crippen LogP contribution in [0.5, 0.6) is 0 Å². The maximum atomic E-state index is 12.7. The molecule has 0 saturated carbocycles. The number of hydrogen-bond donors (Lipinski definition) is 1. The first-order valence-corrected chi connectivity index (χ1v) is 10.6. The molecule has 152 valence electrons. The van der Waals surface area contributed by atoms with Crippen LogP contribution in [0, 0.1) is 0 Å². The molecule has 1 aromatic carbocycles. The summed E-state index contributed by atoms with van der Waals surface area (Å²) in [5, 5.41) is 12.3. The number of hydrogen-bond acceptors (Lipinski definition) is 5. The number of rotatable bonds is 8. The molecule has 29 heavy (non-hydrogen) atoms. The topological polar surface area (TPSA) is 72.7 Å². The molecule has 3 rings (SSSR count). The number of carbonyl (C=O) groups is 1. The number of aromatic nitrogens is 4. The minimum absolute atomic E-state index is 0.000890. The lowest BCUT2D eigenvalue weighted by Gasteiger charge is -2.26. The van der Waals surface area contributed by atoms with E-state index < -0.39 is 0 Å². The maximum Gasteiger partial charge on any atom is 0.233 e. The lowest BCUT2D eigenvalue weighted by Crippen LogP contribution is -2.46. The Morgan fingerprint density at radius 1 is 1.17 bits per heavy atom. The van der Waals surface area contributed by atoms with Gasteiger partial charge in [0.15, 0.2) is 11.0 Å². The number of carbonyl (C=O) groups excluding carboxylic acids is 1. The van der Waals surface area contributed by atoms with Gasteiger partial charge in [-0.25, -0.2) is 0 Å². The van der Waals surface area contributed by atoms with Crippen molar-refractivity contribution < 1.29 is 4.79 Å². The van der Waals surface area contributed by atoms with Crippen molar-refractivity contribution in [3.8, 4) is 11.4 Å². The number of nitrogens with zero attached hydrogens (tertiary/aromatic N) is 4. The summed E-state index contributed by atoms with van der Waals surface area (Å²) in [7, 11) is 0. The third-order valence-electron chi connectivity index (χ3n) is 4.82. The highest BCUT2D eigenvalue weighted by atomic mass is 32.2. The molecule has 3 aromatic rings. The number of benzene rings is 1. The molecule has 2 heterocycles. The van der Waals surface area contributed by atoms with Gasteiger partial charge in [0.1, 0.15) is 0 Å². The Morgan fingerprint density at radius 2 is 1.93 bits per heavy atom. The monoisotopic (exact) mass is 409 g/mol. The van der Waals surface area contributed by atoms with Crippen LogP contribution in [-0.4, -0.2) is 36.4 Å². The lowest BCUT2D eigenvalue weighted by molar-refractivity contribution is -0.121. The molecule has 0 spiro atoms. The lowest BCUT2D eigenvalue weighted by atomic mass is 10.0. The molecule has 1 atom stereocenters. The molecule has 0 bridgehead atoms. The fourth-order valence-electron chi connectivity index (χ4n) is 2.73. The zero-order valence-electron chi connectivity index (χ0n) is 17.3. The Kier molecular flexibility index (Phi) is 6.69. The van der Waals surface area contributed by atoms with Crippen molar-refractivity contribution in [2.24, 2.45) is 0 Å². The van der Waals surface area contributed by atoms with Crippen LogP contribution in [0.2, 0.25) is 0 Å². The Balaban J connectivity index is 1.88. The molecular formula is C22H27N5OS. The van der Waals surface area contributed by atoms with Crippen molar-refractivity contribution >= 4 is 17.7 Å². The molecule has 0 aliphatic carbocycles. The van der Waals surface area contributed by atoms with E-state index in [4.69, 9.17) is 0 Å². The largest absolute Gasteiger partial charge is 0.350 e. The molecule has 2 aromatic heterocycles. The molecule has 0 aliphatic rings. The van der Waals surface area contributed by atoms with Crippen LogP contribution in [0.15, 0.2) is 60.0 Å². The Bertz CT molecular complexity index is 940. The van der Waals surface area contributed by atoms with Gasteiger partial charge in [-0.1, -0.05) is 49.0 Å². The van der Waals surface area contributed by atoms with Crippen LogP contribution < -0.4 is 5.32 Å². The molecule has 1 unspecified atom stereocenters. The summed E-state index contributed by atoms with van der Waals surface area (Å²) in [6.45, 7) is 8.64. The quantitative estimate of drug-likeness (QED) is 0.565. The van der Waals surface area contributed by atoms with Crippen LogP contribution in [0.1, 0.15) is 39.7 Å². The SMILES string of the molecule is CCC(C)(C)NC(=O)C(C)Sc1nnc(-c2cccnc2)n1Cc1ccccc1. The van der Waals surface area contributed by atoms with Gasteiger partial charge in [-0.3, -0.25) is 14.3 Å². The predicted octanol–water partition coefficient (Wildman–Crippen LogP) is 4.17. The van der Waals surface area contributed by atoms with Crippen molar-refractivity contribution in [2.75, 3.05) is 0 Å². The van der Waals surface area contributed by atoms with E-state index in [-0.39, 0.29) is 16.7 Å². The van der Waals surface area contributed by atoms with Crippen molar-refractivity contribution in [3.63, 3.8) is 0 Å². The predicted molar refractivity (Wildman–Crippen MR) is 117 cm³/mol. The van der Waals surface area contributed by atoms with Gasteiger partial charge in [0.2, 0.25) is 5.91 Å². The van der Waals surface area contributed by atoms with Crippen molar-refractivity contribution in [1.82, 2.24) is 25.1 Å². The van der Waals surface area contributed by atoms with Gasteiger partial charge in [-0.05, 0) is 44.9 Å². The maximum absolute atomic E-state index is 12.7. The second kappa shape index (κ2) is 9.22. The second-order valence-electron chi connectivity index (χ2n) is 7.61. The fourth-order valence-corrected chi connectivity index (χ4v) is 3.58. The van der Waals surface area contributed by atoms with E-state index in [1.165, 1.54) is 11.8 Å². The first kappa shape index (κ1) is 21.0. The van der Waals surface area contributed by atoms with E-state index >= 15 is 0 Å². The van der Waals surface area contributed by atoms with Crippen LogP contribution >= 0.6 is 11.8 Å². The minimum Gasteiger partial charge on any atom is -0.350 e. The molecule has 6 nitrogen and oxygen atoms in total. The van der Waals surface area contributed by atoms with Crippen LogP contribution in [0.4, 0.5) is 0 Å². The molecule has 0 saturated heterocycles. The molecule has 1 N–H and O–H groups in total. The van der Waals surface area contributed by atoms with Gasteiger partial charge in [-0.15, -0.1) is 10.2 Å². The third kappa shape index (κ3) is 5.44. The van der Waals surface area contributed by atoms with Crippen LogP contribution in [0.25, 0.3) is 11.4 Å². The molecule has 0 aliphatic heterocycles. The average Bonchev–Trinajstić information content (AvgIpc) is 3.11.